The second-order valence-electron chi connectivity index (χ2n) is 4.67. The van der Waals surface area contributed by atoms with Gasteiger partial charge in [-0.3, -0.25) is 4.79 Å². The molecule has 0 bridgehead atoms. The van der Waals surface area contributed by atoms with E-state index in [4.69, 9.17) is 11.6 Å². The zero-order valence-corrected chi connectivity index (χ0v) is 10.1. The van der Waals surface area contributed by atoms with E-state index in [9.17, 15) is 4.79 Å². The first kappa shape index (κ1) is 11.1. The summed E-state index contributed by atoms with van der Waals surface area (Å²) in [6.45, 7) is 6.10. The lowest BCUT2D eigenvalue weighted by Crippen LogP contribution is -2.14. The number of carbonyl (C=O) groups is 1. The summed E-state index contributed by atoms with van der Waals surface area (Å²) in [7, 11) is 0. The minimum atomic E-state index is -0.162. The Hall–Kier alpha value is -1.42. The maximum absolute atomic E-state index is 11.0. The number of halogens is 1. The molecule has 0 fully saturated rings. The largest absolute Gasteiger partial charge is 0.330 e. The highest BCUT2D eigenvalue weighted by Gasteiger charge is 2.23. The third kappa shape index (κ3) is 1.59. The van der Waals surface area contributed by atoms with Crippen molar-refractivity contribution in [3.8, 4) is 0 Å². The molecule has 0 aliphatic rings. The highest BCUT2D eigenvalue weighted by molar-refractivity contribution is 6.34. The summed E-state index contributed by atoms with van der Waals surface area (Å²) in [5, 5.41) is 1.03. The number of aldehydes is 1. The summed E-state index contributed by atoms with van der Waals surface area (Å²) in [5.41, 5.74) is 1.70. The monoisotopic (exact) mass is 237 g/mol. The average molecular weight is 238 g/mol. The van der Waals surface area contributed by atoms with Crippen LogP contribution in [-0.4, -0.2) is 21.2 Å². The maximum Gasteiger partial charge on any atom is 0.153 e. The van der Waals surface area contributed by atoms with Crippen molar-refractivity contribution in [3.63, 3.8) is 0 Å². The lowest BCUT2D eigenvalue weighted by molar-refractivity contribution is 0.112. The van der Waals surface area contributed by atoms with Crippen molar-refractivity contribution in [1.82, 2.24) is 15.0 Å². The van der Waals surface area contributed by atoms with Gasteiger partial charge in [-0.25, -0.2) is 9.97 Å². The van der Waals surface area contributed by atoms with Crippen LogP contribution in [0, 0.1) is 0 Å². The second-order valence-corrected chi connectivity index (χ2v) is 5.04. The second kappa shape index (κ2) is 3.56. The number of hydrogen-bond acceptors (Lipinski definition) is 3. The van der Waals surface area contributed by atoms with Crippen molar-refractivity contribution in [2.45, 2.75) is 26.2 Å². The Bertz CT molecular complexity index is 554. The van der Waals surface area contributed by atoms with Crippen LogP contribution in [0.15, 0.2) is 6.33 Å². The van der Waals surface area contributed by atoms with Gasteiger partial charge in [0.15, 0.2) is 6.29 Å². The number of rotatable bonds is 1. The zero-order valence-electron chi connectivity index (χ0n) is 9.34. The molecule has 0 spiro atoms. The van der Waals surface area contributed by atoms with Gasteiger partial charge in [0, 0.05) is 5.41 Å². The summed E-state index contributed by atoms with van der Waals surface area (Å²) in [5.74, 6) is 0. The van der Waals surface area contributed by atoms with Gasteiger partial charge >= 0.3 is 0 Å². The number of aromatic nitrogens is 3. The number of hydrogen-bond donors (Lipinski definition) is 1. The summed E-state index contributed by atoms with van der Waals surface area (Å²) in [6, 6.07) is 0. The Kier molecular flexibility index (Phi) is 2.46. The molecule has 16 heavy (non-hydrogen) atoms. The molecule has 4 nitrogen and oxygen atoms in total. The Labute approximate surface area is 98.1 Å². The van der Waals surface area contributed by atoms with Gasteiger partial charge in [-0.1, -0.05) is 32.4 Å². The van der Waals surface area contributed by atoms with E-state index in [0.717, 1.165) is 17.4 Å². The van der Waals surface area contributed by atoms with E-state index in [0.29, 0.717) is 16.4 Å². The molecule has 2 heterocycles. The smallest absolute Gasteiger partial charge is 0.153 e. The van der Waals surface area contributed by atoms with Crippen molar-refractivity contribution < 1.29 is 4.79 Å². The van der Waals surface area contributed by atoms with E-state index in [1.54, 1.807) is 0 Å². The molecule has 2 aromatic rings. The van der Waals surface area contributed by atoms with Crippen LogP contribution in [0.3, 0.4) is 0 Å². The van der Waals surface area contributed by atoms with E-state index in [1.165, 1.54) is 6.33 Å². The topological polar surface area (TPSA) is 58.6 Å². The van der Waals surface area contributed by atoms with Crippen LogP contribution < -0.4 is 0 Å². The molecule has 0 aliphatic carbocycles. The van der Waals surface area contributed by atoms with E-state index in [1.807, 2.05) is 20.8 Å². The molecule has 0 aromatic carbocycles. The van der Waals surface area contributed by atoms with Crippen molar-refractivity contribution >= 4 is 28.9 Å². The predicted octanol–water partition coefficient (Wildman–Crippen LogP) is 2.72. The zero-order chi connectivity index (χ0) is 11.9. The van der Waals surface area contributed by atoms with Gasteiger partial charge in [-0.15, -0.1) is 0 Å². The lowest BCUT2D eigenvalue weighted by Gasteiger charge is -2.18. The van der Waals surface area contributed by atoms with Gasteiger partial charge in [-0.2, -0.15) is 0 Å². The van der Waals surface area contributed by atoms with Crippen LogP contribution in [0.25, 0.3) is 11.0 Å². The number of H-pyrrole nitrogens is 1. The van der Waals surface area contributed by atoms with Gasteiger partial charge in [0.25, 0.3) is 0 Å². The Morgan fingerprint density at radius 1 is 1.38 bits per heavy atom. The van der Waals surface area contributed by atoms with Crippen molar-refractivity contribution in [3.05, 3.63) is 22.7 Å². The molecule has 0 radical (unpaired) electrons. The predicted molar refractivity (Wildman–Crippen MR) is 63.0 cm³/mol. The first-order chi connectivity index (χ1) is 7.45. The maximum atomic E-state index is 11.0. The summed E-state index contributed by atoms with van der Waals surface area (Å²) in [4.78, 5) is 22.2. The minimum Gasteiger partial charge on any atom is -0.330 e. The molecule has 5 heteroatoms. The average Bonchev–Trinajstić information content (AvgIpc) is 2.51. The molecule has 0 saturated heterocycles. The molecule has 1 N–H and O–H groups in total. The fraction of sp³-hybridized carbons (Fsp3) is 0.364. The minimum absolute atomic E-state index is 0.162. The number of nitrogens with zero attached hydrogens (tertiary/aromatic N) is 2. The number of nitrogens with one attached hydrogen (secondary N) is 1. The molecule has 0 amide bonds. The normalized spacial score (nSPS) is 12.0. The van der Waals surface area contributed by atoms with Crippen LogP contribution in [0.1, 0.15) is 36.8 Å². The van der Waals surface area contributed by atoms with Crippen molar-refractivity contribution in [2.24, 2.45) is 0 Å². The van der Waals surface area contributed by atoms with Gasteiger partial charge in [0.05, 0.1) is 16.6 Å². The van der Waals surface area contributed by atoms with Crippen molar-refractivity contribution in [1.29, 1.82) is 0 Å². The Morgan fingerprint density at radius 3 is 2.62 bits per heavy atom. The molecule has 2 aromatic heterocycles. The highest BCUT2D eigenvalue weighted by atomic mass is 35.5. The first-order valence-corrected chi connectivity index (χ1v) is 5.30. The van der Waals surface area contributed by atoms with Gasteiger partial charge in [-0.05, 0) is 0 Å². The van der Waals surface area contributed by atoms with Crippen LogP contribution in [0.4, 0.5) is 0 Å². The third-order valence-electron chi connectivity index (χ3n) is 2.41. The molecule has 0 saturated carbocycles. The van der Waals surface area contributed by atoms with E-state index in [-0.39, 0.29) is 5.41 Å². The van der Waals surface area contributed by atoms with Gasteiger partial charge in [0.2, 0.25) is 0 Å². The molecular formula is C11H12ClN3O. The lowest BCUT2D eigenvalue weighted by atomic mass is 9.89. The highest BCUT2D eigenvalue weighted by Crippen LogP contribution is 2.31. The Morgan fingerprint density at radius 2 is 2.06 bits per heavy atom. The molecule has 0 atom stereocenters. The fourth-order valence-corrected chi connectivity index (χ4v) is 1.92. The number of carbonyl (C=O) groups excluding carboxylic acids is 1. The van der Waals surface area contributed by atoms with E-state index in [2.05, 4.69) is 15.0 Å². The van der Waals surface area contributed by atoms with E-state index < -0.39 is 0 Å². The van der Waals surface area contributed by atoms with Crippen molar-refractivity contribution in [2.75, 3.05) is 0 Å². The van der Waals surface area contributed by atoms with Crippen LogP contribution >= 0.6 is 11.6 Å². The molecule has 84 valence electrons. The fourth-order valence-electron chi connectivity index (χ4n) is 1.70. The summed E-state index contributed by atoms with van der Waals surface area (Å²) in [6.07, 6.45) is 2.21. The summed E-state index contributed by atoms with van der Waals surface area (Å²) >= 11 is 5.94. The number of aromatic amines is 1. The Balaban J connectivity index is 2.90. The SMILES string of the molecule is CC(C)(C)c1ncnc2[nH]c(Cl)c(C=O)c12. The standard InChI is InChI=1S/C11H12ClN3O/c1-11(2,3)8-7-6(4-16)9(12)15-10(7)14-5-13-8/h4-5H,1-3H3,(H,13,14,15). The first-order valence-electron chi connectivity index (χ1n) is 4.93. The van der Waals surface area contributed by atoms with Gasteiger partial charge < -0.3 is 4.98 Å². The molecule has 2 rings (SSSR count). The third-order valence-corrected chi connectivity index (χ3v) is 2.71. The van der Waals surface area contributed by atoms with Crippen LogP contribution in [0.2, 0.25) is 5.15 Å². The van der Waals surface area contributed by atoms with Crippen LogP contribution in [-0.2, 0) is 5.41 Å². The molecular weight excluding hydrogens is 226 g/mol. The number of fused-ring (bicyclic) bond motifs is 1. The summed E-state index contributed by atoms with van der Waals surface area (Å²) < 4.78 is 0. The molecule has 0 unspecified atom stereocenters. The van der Waals surface area contributed by atoms with Gasteiger partial charge in [0.1, 0.15) is 17.1 Å². The molecule has 0 aliphatic heterocycles. The van der Waals surface area contributed by atoms with Crippen LogP contribution in [0.5, 0.6) is 0 Å². The quantitative estimate of drug-likeness (QED) is 0.776. The van der Waals surface area contributed by atoms with E-state index >= 15 is 0 Å².